The van der Waals surface area contributed by atoms with Crippen LogP contribution in [0.5, 0.6) is 0 Å². The van der Waals surface area contributed by atoms with Crippen molar-refractivity contribution in [2.75, 3.05) is 0 Å². The molecule has 0 N–H and O–H groups in total. The maximum absolute atomic E-state index is 12.5. The van der Waals surface area contributed by atoms with Gasteiger partial charge in [0.15, 0.2) is 5.82 Å². The summed E-state index contributed by atoms with van der Waals surface area (Å²) in [6.07, 6.45) is -1.95. The van der Waals surface area contributed by atoms with Crippen molar-refractivity contribution in [3.63, 3.8) is 0 Å². The second-order valence-electron chi connectivity index (χ2n) is 3.74. The fraction of sp³-hybridized carbons (Fsp3) is 0.273. The molecular formula is C11H10F3N3. The van der Waals surface area contributed by atoms with Gasteiger partial charge in [-0.05, 0) is 31.5 Å². The van der Waals surface area contributed by atoms with E-state index in [0.29, 0.717) is 5.82 Å². The van der Waals surface area contributed by atoms with E-state index in [1.807, 2.05) is 6.92 Å². The highest BCUT2D eigenvalue weighted by Crippen LogP contribution is 2.31. The Morgan fingerprint density at radius 2 is 1.94 bits per heavy atom. The minimum atomic E-state index is -4.37. The lowest BCUT2D eigenvalue weighted by atomic mass is 10.1. The van der Waals surface area contributed by atoms with Crippen molar-refractivity contribution in [2.24, 2.45) is 0 Å². The molecule has 3 nitrogen and oxygen atoms in total. The third-order valence-electron chi connectivity index (χ3n) is 2.45. The van der Waals surface area contributed by atoms with Crippen LogP contribution in [0.4, 0.5) is 13.2 Å². The average Bonchev–Trinajstić information content (AvgIpc) is 2.62. The van der Waals surface area contributed by atoms with Gasteiger partial charge in [0.2, 0.25) is 0 Å². The molecule has 0 spiro atoms. The molecule has 0 atom stereocenters. The summed E-state index contributed by atoms with van der Waals surface area (Å²) in [6.45, 7) is 3.22. The van der Waals surface area contributed by atoms with Crippen molar-refractivity contribution in [3.8, 4) is 5.82 Å². The molecular weight excluding hydrogens is 231 g/mol. The maximum Gasteiger partial charge on any atom is 0.418 e. The van der Waals surface area contributed by atoms with Crippen LogP contribution in [0.3, 0.4) is 0 Å². The smallest absolute Gasteiger partial charge is 0.236 e. The molecule has 0 aromatic carbocycles. The molecule has 0 saturated carbocycles. The second kappa shape index (κ2) is 3.87. The van der Waals surface area contributed by atoms with E-state index in [2.05, 4.69) is 10.1 Å². The van der Waals surface area contributed by atoms with Gasteiger partial charge < -0.3 is 0 Å². The highest BCUT2D eigenvalue weighted by Gasteiger charge is 2.32. The third kappa shape index (κ3) is 2.15. The van der Waals surface area contributed by atoms with Gasteiger partial charge in [-0.15, -0.1) is 0 Å². The summed E-state index contributed by atoms with van der Waals surface area (Å²) in [7, 11) is 0. The van der Waals surface area contributed by atoms with Gasteiger partial charge in [-0.2, -0.15) is 18.3 Å². The Kier molecular flexibility index (Phi) is 2.65. The molecule has 0 bridgehead atoms. The van der Waals surface area contributed by atoms with Crippen LogP contribution >= 0.6 is 0 Å². The van der Waals surface area contributed by atoms with Crippen LogP contribution in [-0.2, 0) is 6.18 Å². The van der Waals surface area contributed by atoms with Crippen LogP contribution in [0.1, 0.15) is 16.8 Å². The minimum absolute atomic E-state index is 0.136. The van der Waals surface area contributed by atoms with Crippen LogP contribution < -0.4 is 0 Å². The van der Waals surface area contributed by atoms with E-state index in [4.69, 9.17) is 0 Å². The molecule has 0 radical (unpaired) electrons. The molecule has 0 amide bonds. The summed E-state index contributed by atoms with van der Waals surface area (Å²) in [5, 5.41) is 3.99. The lowest BCUT2D eigenvalue weighted by Gasteiger charge is -2.11. The number of aromatic nitrogens is 3. The number of nitrogens with zero attached hydrogens (tertiary/aromatic N) is 3. The zero-order valence-electron chi connectivity index (χ0n) is 9.28. The van der Waals surface area contributed by atoms with Gasteiger partial charge in [-0.1, -0.05) is 0 Å². The number of aryl methyl sites for hydroxylation is 2. The summed E-state index contributed by atoms with van der Waals surface area (Å²) < 4.78 is 39.1. The molecule has 0 aliphatic rings. The first kappa shape index (κ1) is 11.6. The van der Waals surface area contributed by atoms with E-state index >= 15 is 0 Å². The van der Waals surface area contributed by atoms with Crippen molar-refractivity contribution in [1.82, 2.24) is 14.8 Å². The fourth-order valence-electron chi connectivity index (χ4n) is 1.56. The minimum Gasteiger partial charge on any atom is -0.236 e. The number of pyridine rings is 1. The third-order valence-corrected chi connectivity index (χ3v) is 2.45. The van der Waals surface area contributed by atoms with E-state index in [9.17, 15) is 13.2 Å². The summed E-state index contributed by atoms with van der Waals surface area (Å²) in [5.41, 5.74) is 0.236. The van der Waals surface area contributed by atoms with Gasteiger partial charge >= 0.3 is 6.18 Å². The molecule has 2 rings (SSSR count). The van der Waals surface area contributed by atoms with E-state index in [-0.39, 0.29) is 5.56 Å². The van der Waals surface area contributed by atoms with Crippen LogP contribution in [0.25, 0.3) is 5.82 Å². The van der Waals surface area contributed by atoms with Crippen molar-refractivity contribution in [2.45, 2.75) is 20.0 Å². The molecule has 0 fully saturated rings. The predicted octanol–water partition coefficient (Wildman–Crippen LogP) is 2.90. The zero-order chi connectivity index (χ0) is 12.6. The quantitative estimate of drug-likeness (QED) is 0.768. The largest absolute Gasteiger partial charge is 0.418 e. The van der Waals surface area contributed by atoms with Gasteiger partial charge in [0.05, 0.1) is 5.56 Å². The second-order valence-corrected chi connectivity index (χ2v) is 3.74. The molecule has 2 aromatic rings. The van der Waals surface area contributed by atoms with Crippen molar-refractivity contribution >= 4 is 0 Å². The van der Waals surface area contributed by atoms with E-state index < -0.39 is 11.7 Å². The Morgan fingerprint density at radius 3 is 2.41 bits per heavy atom. The fourth-order valence-corrected chi connectivity index (χ4v) is 1.56. The Balaban J connectivity index is 2.49. The number of rotatable bonds is 1. The Labute approximate surface area is 95.9 Å². The van der Waals surface area contributed by atoms with Gasteiger partial charge in [0.25, 0.3) is 0 Å². The highest BCUT2D eigenvalue weighted by molar-refractivity contribution is 5.34. The maximum atomic E-state index is 12.5. The lowest BCUT2D eigenvalue weighted by molar-refractivity contribution is -0.138. The Hall–Kier alpha value is -1.85. The van der Waals surface area contributed by atoms with E-state index in [1.54, 1.807) is 12.3 Å². The van der Waals surface area contributed by atoms with Gasteiger partial charge in [-0.25, -0.2) is 9.67 Å². The predicted molar refractivity (Wildman–Crippen MR) is 55.8 cm³/mol. The van der Waals surface area contributed by atoms with Gasteiger partial charge in [0, 0.05) is 18.1 Å². The number of hydrogen-bond donors (Lipinski definition) is 0. The lowest BCUT2D eigenvalue weighted by Crippen LogP contribution is -2.10. The molecule has 0 saturated heterocycles. The standard InChI is InChI=1S/C11H10F3N3/c1-7-5-10(17-8(2)3-4-16-17)15-6-9(7)11(12,13)14/h3-6H,1-2H3. The first-order valence-electron chi connectivity index (χ1n) is 4.94. The molecule has 2 aromatic heterocycles. The SMILES string of the molecule is Cc1cc(-n2nccc2C)ncc1C(F)(F)F. The molecule has 90 valence electrons. The van der Waals surface area contributed by atoms with Crippen LogP contribution in [0, 0.1) is 13.8 Å². The zero-order valence-corrected chi connectivity index (χ0v) is 9.28. The molecule has 17 heavy (non-hydrogen) atoms. The van der Waals surface area contributed by atoms with Gasteiger partial charge in [-0.3, -0.25) is 0 Å². The Morgan fingerprint density at radius 1 is 1.24 bits per heavy atom. The van der Waals surface area contributed by atoms with E-state index in [0.717, 1.165) is 11.9 Å². The number of halogens is 3. The summed E-state index contributed by atoms with van der Waals surface area (Å²) in [5.74, 6) is 0.387. The monoisotopic (exact) mass is 241 g/mol. The van der Waals surface area contributed by atoms with Crippen LogP contribution in [0.2, 0.25) is 0 Å². The molecule has 6 heteroatoms. The Bertz CT molecular complexity index is 543. The summed E-state index contributed by atoms with van der Waals surface area (Å²) >= 11 is 0. The highest BCUT2D eigenvalue weighted by atomic mass is 19.4. The summed E-state index contributed by atoms with van der Waals surface area (Å²) in [6, 6.07) is 3.14. The first-order valence-corrected chi connectivity index (χ1v) is 4.94. The van der Waals surface area contributed by atoms with Crippen molar-refractivity contribution in [1.29, 1.82) is 0 Å². The summed E-state index contributed by atoms with van der Waals surface area (Å²) in [4.78, 5) is 3.79. The normalized spacial score (nSPS) is 11.8. The number of hydrogen-bond acceptors (Lipinski definition) is 2. The van der Waals surface area contributed by atoms with Crippen molar-refractivity contribution in [3.05, 3.63) is 41.3 Å². The molecule has 0 aliphatic carbocycles. The number of alkyl halides is 3. The average molecular weight is 241 g/mol. The first-order chi connectivity index (χ1) is 7.89. The van der Waals surface area contributed by atoms with Crippen molar-refractivity contribution < 1.29 is 13.2 Å². The van der Waals surface area contributed by atoms with Crippen LogP contribution in [0.15, 0.2) is 24.5 Å². The molecule has 0 aliphatic heterocycles. The topological polar surface area (TPSA) is 30.7 Å². The molecule has 2 heterocycles. The molecule has 0 unspecified atom stereocenters. The van der Waals surface area contributed by atoms with E-state index in [1.165, 1.54) is 17.7 Å². The van der Waals surface area contributed by atoms with Gasteiger partial charge in [0.1, 0.15) is 0 Å². The van der Waals surface area contributed by atoms with Crippen LogP contribution in [-0.4, -0.2) is 14.8 Å².